The normalized spacial score (nSPS) is 10.4. The van der Waals surface area contributed by atoms with E-state index in [1.54, 1.807) is 0 Å². The van der Waals surface area contributed by atoms with Gasteiger partial charge in [-0.15, -0.1) is 0 Å². The van der Waals surface area contributed by atoms with Crippen molar-refractivity contribution in [2.75, 3.05) is 0 Å². The van der Waals surface area contributed by atoms with Crippen LogP contribution in [0.4, 0.5) is 13.2 Å². The fraction of sp³-hybridized carbons (Fsp3) is 0.125. The average molecular weight is 226 g/mol. The number of rotatable bonds is 1. The fourth-order valence-corrected chi connectivity index (χ4v) is 0.751. The number of aldehydes is 1. The van der Waals surface area contributed by atoms with Gasteiger partial charge in [-0.1, -0.05) is 12.1 Å². The maximum atomic E-state index is 11.9. The van der Waals surface area contributed by atoms with Crippen LogP contribution in [-0.4, -0.2) is 6.29 Å². The third-order valence-corrected chi connectivity index (χ3v) is 1.37. The molecule has 1 rings (SSSR count). The number of carbonyl (C=O) groups is 1. The predicted octanol–water partition coefficient (Wildman–Crippen LogP) is 2.52. The van der Waals surface area contributed by atoms with Crippen LogP contribution in [0.25, 0.3) is 0 Å². The van der Waals surface area contributed by atoms with Crippen molar-refractivity contribution in [3.05, 3.63) is 35.4 Å². The molecule has 0 atom stereocenters. The second-order valence-corrected chi connectivity index (χ2v) is 2.24. The van der Waals surface area contributed by atoms with Crippen molar-refractivity contribution in [2.45, 2.75) is 6.18 Å². The molecule has 0 saturated carbocycles. The topological polar surface area (TPSA) is 17.1 Å². The van der Waals surface area contributed by atoms with Gasteiger partial charge in [-0.2, -0.15) is 13.2 Å². The van der Waals surface area contributed by atoms with Crippen molar-refractivity contribution >= 4 is 6.29 Å². The van der Waals surface area contributed by atoms with Gasteiger partial charge >= 0.3 is 23.5 Å². The summed E-state index contributed by atoms with van der Waals surface area (Å²) in [5.74, 6) is 0. The first kappa shape index (κ1) is 12.2. The number of hydrogen-bond acceptors (Lipinski definition) is 1. The van der Waals surface area contributed by atoms with Crippen LogP contribution in [0, 0.1) is 0 Å². The molecule has 0 aliphatic carbocycles. The van der Waals surface area contributed by atoms with Crippen LogP contribution < -0.4 is 0 Å². The number of halogens is 3. The van der Waals surface area contributed by atoms with Crippen LogP contribution in [0.2, 0.25) is 0 Å². The monoisotopic (exact) mass is 226 g/mol. The van der Waals surface area contributed by atoms with Crippen LogP contribution in [0.1, 0.15) is 15.9 Å². The van der Waals surface area contributed by atoms with E-state index in [4.69, 9.17) is 0 Å². The number of benzene rings is 1. The molecule has 0 heterocycles. The van der Waals surface area contributed by atoms with E-state index in [0.717, 1.165) is 24.3 Å². The maximum absolute atomic E-state index is 11.9. The zero-order valence-corrected chi connectivity index (χ0v) is 7.61. The van der Waals surface area contributed by atoms with E-state index in [2.05, 4.69) is 0 Å². The Bertz CT molecular complexity index is 278. The Balaban J connectivity index is 0.00000144. The van der Waals surface area contributed by atoms with Gasteiger partial charge in [0.15, 0.2) is 0 Å². The molecule has 0 saturated heterocycles. The van der Waals surface area contributed by atoms with E-state index in [-0.39, 0.29) is 22.9 Å². The number of alkyl halides is 3. The minimum absolute atomic E-state index is 0. The average Bonchev–Trinajstić information content (AvgIpc) is 2.03. The number of hydrogen-bond donors (Lipinski definition) is 0. The molecule has 0 fully saturated rings. The molecule has 1 aromatic rings. The molecule has 0 aliphatic rings. The Kier molecular flexibility index (Phi) is 4.18. The summed E-state index contributed by atoms with van der Waals surface area (Å²) in [5, 5.41) is 0. The van der Waals surface area contributed by atoms with Gasteiger partial charge < -0.3 is 0 Å². The molecule has 1 aromatic carbocycles. The first-order valence-electron chi connectivity index (χ1n) is 3.16. The second kappa shape index (κ2) is 4.45. The molecule has 13 heavy (non-hydrogen) atoms. The zero-order chi connectivity index (χ0) is 9.19. The third-order valence-electron chi connectivity index (χ3n) is 1.37. The molecule has 68 valence electrons. The van der Waals surface area contributed by atoms with Crippen molar-refractivity contribution in [3.8, 4) is 0 Å². The van der Waals surface area contributed by atoms with E-state index in [1.165, 1.54) is 0 Å². The van der Waals surface area contributed by atoms with Crippen LogP contribution in [0.3, 0.4) is 0 Å². The van der Waals surface area contributed by atoms with Gasteiger partial charge in [-0.3, -0.25) is 4.79 Å². The molecule has 0 aliphatic heterocycles. The molecule has 5 heteroatoms. The van der Waals surface area contributed by atoms with E-state index in [9.17, 15) is 18.0 Å². The fourth-order valence-electron chi connectivity index (χ4n) is 0.751. The summed E-state index contributed by atoms with van der Waals surface area (Å²) < 4.78 is 35.8. The molecule has 0 N–H and O–H groups in total. The zero-order valence-electron chi connectivity index (χ0n) is 6.34. The SMILES string of the molecule is O=Cc1ccc(C(F)(F)F)cc1.[Cr+2]. The second-order valence-electron chi connectivity index (χ2n) is 2.24. The summed E-state index contributed by atoms with van der Waals surface area (Å²) in [4.78, 5) is 10.1. The van der Waals surface area contributed by atoms with Gasteiger partial charge in [-0.25, -0.2) is 0 Å². The summed E-state index contributed by atoms with van der Waals surface area (Å²) in [6, 6.07) is 4.03. The maximum Gasteiger partial charge on any atom is 2.00 e. The molecular weight excluding hydrogens is 221 g/mol. The molecule has 0 spiro atoms. The summed E-state index contributed by atoms with van der Waals surface area (Å²) in [5.41, 5.74) is -0.504. The van der Waals surface area contributed by atoms with Crippen molar-refractivity contribution in [2.24, 2.45) is 0 Å². The molecule has 0 unspecified atom stereocenters. The van der Waals surface area contributed by atoms with Gasteiger partial charge in [0.1, 0.15) is 6.29 Å². The Hall–Kier alpha value is -0.788. The Morgan fingerprint density at radius 1 is 1.08 bits per heavy atom. The Morgan fingerprint density at radius 2 is 1.54 bits per heavy atom. The predicted molar refractivity (Wildman–Crippen MR) is 36.8 cm³/mol. The summed E-state index contributed by atoms with van der Waals surface area (Å²) >= 11 is 0. The minimum atomic E-state index is -4.33. The van der Waals surface area contributed by atoms with E-state index < -0.39 is 11.7 Å². The first-order chi connectivity index (χ1) is 5.54. The summed E-state index contributed by atoms with van der Waals surface area (Å²) in [7, 11) is 0. The largest absolute Gasteiger partial charge is 2.00 e. The van der Waals surface area contributed by atoms with Crippen molar-refractivity contribution in [1.82, 2.24) is 0 Å². The molecule has 0 aromatic heterocycles. The van der Waals surface area contributed by atoms with E-state index in [1.807, 2.05) is 0 Å². The Labute approximate surface area is 83.7 Å². The van der Waals surface area contributed by atoms with Crippen LogP contribution in [-0.2, 0) is 23.5 Å². The first-order valence-corrected chi connectivity index (χ1v) is 3.16. The van der Waals surface area contributed by atoms with Gasteiger partial charge in [0, 0.05) is 5.56 Å². The third kappa shape index (κ3) is 3.21. The molecule has 1 nitrogen and oxygen atoms in total. The van der Waals surface area contributed by atoms with Gasteiger partial charge in [0.2, 0.25) is 0 Å². The summed E-state index contributed by atoms with van der Waals surface area (Å²) in [6.07, 6.45) is -3.83. The quantitative estimate of drug-likeness (QED) is 0.672. The van der Waals surface area contributed by atoms with Crippen LogP contribution >= 0.6 is 0 Å². The Morgan fingerprint density at radius 3 is 1.85 bits per heavy atom. The molecule has 0 radical (unpaired) electrons. The van der Waals surface area contributed by atoms with Crippen molar-refractivity contribution < 1.29 is 35.3 Å². The standard InChI is InChI=1S/C8H5F3O.Cr/c9-8(10,11)7-3-1-6(5-12)2-4-7;/h1-5H;/q;+2. The minimum Gasteiger partial charge on any atom is -0.298 e. The van der Waals surface area contributed by atoms with Gasteiger partial charge in [0.05, 0.1) is 5.56 Å². The van der Waals surface area contributed by atoms with Crippen molar-refractivity contribution in [1.29, 1.82) is 0 Å². The summed E-state index contributed by atoms with van der Waals surface area (Å²) in [6.45, 7) is 0. The van der Waals surface area contributed by atoms with Gasteiger partial charge in [-0.05, 0) is 12.1 Å². The van der Waals surface area contributed by atoms with E-state index in [0.29, 0.717) is 6.29 Å². The van der Waals surface area contributed by atoms with E-state index >= 15 is 0 Å². The molecule has 0 amide bonds. The van der Waals surface area contributed by atoms with Crippen molar-refractivity contribution in [3.63, 3.8) is 0 Å². The van der Waals surface area contributed by atoms with Crippen LogP contribution in [0.15, 0.2) is 24.3 Å². The van der Waals surface area contributed by atoms with Crippen LogP contribution in [0.5, 0.6) is 0 Å². The van der Waals surface area contributed by atoms with Gasteiger partial charge in [0.25, 0.3) is 0 Å². The number of carbonyl (C=O) groups excluding carboxylic acids is 1. The molecule has 0 bridgehead atoms. The molecular formula is C8H5CrF3O+2. The smallest absolute Gasteiger partial charge is 0.298 e.